The number of aryl methyl sites for hydroxylation is 1. The summed E-state index contributed by atoms with van der Waals surface area (Å²) in [5, 5.41) is 2.54. The molecule has 0 unspecified atom stereocenters. The number of pyridine rings is 1. The average molecular weight is 431 g/mol. The Labute approximate surface area is 196 Å². The number of hydrogen-bond acceptors (Lipinski definition) is 2. The van der Waals surface area contributed by atoms with Gasteiger partial charge in [0.15, 0.2) is 0 Å². The lowest BCUT2D eigenvalue weighted by Crippen LogP contribution is -2.22. The molecule has 2 nitrogen and oxygen atoms in total. The van der Waals surface area contributed by atoms with E-state index in [9.17, 15) is 0 Å². The highest BCUT2D eigenvalue weighted by Crippen LogP contribution is 2.36. The van der Waals surface area contributed by atoms with E-state index in [4.69, 9.17) is 4.98 Å². The zero-order valence-corrected chi connectivity index (χ0v) is 19.5. The van der Waals surface area contributed by atoms with Crippen LogP contribution in [0.2, 0.25) is 0 Å². The number of allylic oxidation sites excluding steroid dienone is 4. The Morgan fingerprint density at radius 3 is 2.64 bits per heavy atom. The summed E-state index contributed by atoms with van der Waals surface area (Å²) in [4.78, 5) is 7.02. The summed E-state index contributed by atoms with van der Waals surface area (Å²) in [6.07, 6.45) is 13.5. The Hall–Kier alpha value is -3.65. The fraction of sp³-hybridized carbons (Fsp3) is 0.194. The van der Waals surface area contributed by atoms with Crippen molar-refractivity contribution in [2.75, 3.05) is 11.9 Å². The van der Waals surface area contributed by atoms with Gasteiger partial charge in [-0.2, -0.15) is 0 Å². The van der Waals surface area contributed by atoms with Gasteiger partial charge in [0.25, 0.3) is 0 Å². The monoisotopic (exact) mass is 430 g/mol. The van der Waals surface area contributed by atoms with E-state index in [1.165, 1.54) is 51.7 Å². The lowest BCUT2D eigenvalue weighted by molar-refractivity contribution is 0.799. The van der Waals surface area contributed by atoms with E-state index >= 15 is 0 Å². The first kappa shape index (κ1) is 21.2. The standard InChI is InChI=1S/C17H17N.C14H13N/c1-2-3-7-13-9-6-11-17-15(13)12-14-8-4-5-10-16(14)18-17;1-15-13-8-4-2-6-11(13)10-12-7-3-5-9-14(12)15/h4-6,8-12H,2-3,7H2,1H3;2-6,8-10H,7H2,1H3. The molecule has 0 radical (unpaired) electrons. The van der Waals surface area contributed by atoms with Gasteiger partial charge in [-0.1, -0.05) is 74.0 Å². The van der Waals surface area contributed by atoms with Crippen molar-refractivity contribution in [3.05, 3.63) is 113 Å². The van der Waals surface area contributed by atoms with Crippen molar-refractivity contribution in [2.45, 2.75) is 32.6 Å². The topological polar surface area (TPSA) is 16.1 Å². The zero-order valence-electron chi connectivity index (χ0n) is 19.5. The normalized spacial score (nSPS) is 14.2. The van der Waals surface area contributed by atoms with Crippen LogP contribution in [0.4, 0.5) is 5.69 Å². The summed E-state index contributed by atoms with van der Waals surface area (Å²) in [5.74, 6) is 0. The molecule has 0 spiro atoms. The molecule has 0 amide bonds. The quantitative estimate of drug-likeness (QED) is 0.305. The highest BCUT2D eigenvalue weighted by molar-refractivity contribution is 5.94. The minimum absolute atomic E-state index is 1.05. The molecule has 2 heteroatoms. The Morgan fingerprint density at radius 1 is 0.909 bits per heavy atom. The van der Waals surface area contributed by atoms with E-state index in [1.54, 1.807) is 0 Å². The highest BCUT2D eigenvalue weighted by atomic mass is 15.1. The van der Waals surface area contributed by atoms with Crippen molar-refractivity contribution in [3.8, 4) is 0 Å². The van der Waals surface area contributed by atoms with Gasteiger partial charge in [-0.05, 0) is 72.4 Å². The number of likely N-dealkylation sites (N-methyl/N-ethyl adjacent to an activating group) is 1. The predicted molar refractivity (Wildman–Crippen MR) is 143 cm³/mol. The van der Waals surface area contributed by atoms with E-state index in [0.29, 0.717) is 0 Å². The van der Waals surface area contributed by atoms with Gasteiger partial charge in [-0.15, -0.1) is 0 Å². The third-order valence-corrected chi connectivity index (χ3v) is 6.50. The van der Waals surface area contributed by atoms with Crippen LogP contribution in [-0.4, -0.2) is 12.0 Å². The lowest BCUT2D eigenvalue weighted by atomic mass is 9.95. The predicted octanol–water partition coefficient (Wildman–Crippen LogP) is 8.09. The van der Waals surface area contributed by atoms with Crippen LogP contribution in [0.15, 0.2) is 102 Å². The van der Waals surface area contributed by atoms with Crippen molar-refractivity contribution in [3.63, 3.8) is 0 Å². The maximum absolute atomic E-state index is 4.75. The van der Waals surface area contributed by atoms with Crippen molar-refractivity contribution in [1.29, 1.82) is 0 Å². The average Bonchev–Trinajstić information content (AvgIpc) is 2.87. The number of unbranched alkanes of at least 4 members (excludes halogenated alkanes) is 1. The Kier molecular flexibility index (Phi) is 6.08. The van der Waals surface area contributed by atoms with E-state index in [2.05, 4.69) is 110 Å². The van der Waals surface area contributed by atoms with Gasteiger partial charge in [0.2, 0.25) is 0 Å². The third kappa shape index (κ3) is 4.34. The maximum Gasteiger partial charge on any atom is 0.0712 e. The van der Waals surface area contributed by atoms with Gasteiger partial charge < -0.3 is 4.90 Å². The van der Waals surface area contributed by atoms with E-state index in [0.717, 1.165) is 23.9 Å². The molecular formula is C31H30N2. The van der Waals surface area contributed by atoms with Crippen LogP contribution in [0.1, 0.15) is 37.3 Å². The SMILES string of the molecule is CCCCc1cccc2nc3ccccc3cc12.CN1C2=CC=CCC2=Cc2ccccc21. The molecule has 4 aromatic rings. The summed E-state index contributed by atoms with van der Waals surface area (Å²) in [5.41, 5.74) is 8.98. The zero-order chi connectivity index (χ0) is 22.6. The second kappa shape index (κ2) is 9.46. The molecule has 164 valence electrons. The van der Waals surface area contributed by atoms with Crippen molar-refractivity contribution < 1.29 is 0 Å². The third-order valence-electron chi connectivity index (χ3n) is 6.50. The highest BCUT2D eigenvalue weighted by Gasteiger charge is 2.19. The largest absolute Gasteiger partial charge is 0.344 e. The van der Waals surface area contributed by atoms with Crippen LogP contribution < -0.4 is 4.90 Å². The van der Waals surface area contributed by atoms with Gasteiger partial charge in [0.1, 0.15) is 0 Å². The van der Waals surface area contributed by atoms with Gasteiger partial charge in [-0.25, -0.2) is 4.98 Å². The minimum atomic E-state index is 1.05. The van der Waals surface area contributed by atoms with Gasteiger partial charge in [0, 0.05) is 29.2 Å². The van der Waals surface area contributed by atoms with Gasteiger partial charge in [-0.3, -0.25) is 0 Å². The van der Waals surface area contributed by atoms with E-state index in [-0.39, 0.29) is 0 Å². The summed E-state index contributed by atoms with van der Waals surface area (Å²) in [7, 11) is 2.14. The first-order valence-electron chi connectivity index (χ1n) is 11.9. The summed E-state index contributed by atoms with van der Waals surface area (Å²) >= 11 is 0. The van der Waals surface area contributed by atoms with Crippen LogP contribution in [0.5, 0.6) is 0 Å². The molecule has 0 bridgehead atoms. The molecule has 33 heavy (non-hydrogen) atoms. The molecule has 1 aliphatic carbocycles. The molecule has 6 rings (SSSR count). The number of aromatic nitrogens is 1. The fourth-order valence-corrected chi connectivity index (χ4v) is 4.70. The van der Waals surface area contributed by atoms with Gasteiger partial charge >= 0.3 is 0 Å². The number of fused-ring (bicyclic) bond motifs is 4. The minimum Gasteiger partial charge on any atom is -0.344 e. The van der Waals surface area contributed by atoms with Gasteiger partial charge in [0.05, 0.1) is 11.0 Å². The number of benzene rings is 3. The first-order chi connectivity index (χ1) is 16.2. The smallest absolute Gasteiger partial charge is 0.0712 e. The first-order valence-corrected chi connectivity index (χ1v) is 11.9. The number of para-hydroxylation sites is 2. The van der Waals surface area contributed by atoms with Crippen molar-refractivity contribution in [1.82, 2.24) is 4.98 Å². The maximum atomic E-state index is 4.75. The second-order valence-electron chi connectivity index (χ2n) is 8.74. The summed E-state index contributed by atoms with van der Waals surface area (Å²) in [6, 6.07) is 25.6. The van der Waals surface area contributed by atoms with Crippen LogP contribution in [0.25, 0.3) is 27.9 Å². The molecule has 0 fully saturated rings. The molecule has 1 aromatic heterocycles. The molecule has 0 saturated carbocycles. The number of rotatable bonds is 3. The number of nitrogens with zero attached hydrogens (tertiary/aromatic N) is 2. The van der Waals surface area contributed by atoms with Crippen LogP contribution in [0.3, 0.4) is 0 Å². The van der Waals surface area contributed by atoms with Crippen LogP contribution in [-0.2, 0) is 6.42 Å². The molecule has 2 aliphatic rings. The van der Waals surface area contributed by atoms with Crippen molar-refractivity contribution >= 4 is 33.6 Å². The fourth-order valence-electron chi connectivity index (χ4n) is 4.70. The number of anilines is 1. The number of hydrogen-bond donors (Lipinski definition) is 0. The lowest BCUT2D eigenvalue weighted by Gasteiger charge is -2.31. The molecular weight excluding hydrogens is 400 g/mol. The van der Waals surface area contributed by atoms with Crippen LogP contribution >= 0.6 is 0 Å². The van der Waals surface area contributed by atoms with Crippen LogP contribution in [0, 0.1) is 0 Å². The molecule has 3 aromatic carbocycles. The molecule has 0 N–H and O–H groups in total. The molecule has 0 saturated heterocycles. The molecule has 2 heterocycles. The Balaban J connectivity index is 0.000000140. The Bertz CT molecular complexity index is 1390. The van der Waals surface area contributed by atoms with Crippen molar-refractivity contribution in [2.24, 2.45) is 0 Å². The second-order valence-corrected chi connectivity index (χ2v) is 8.74. The molecule has 0 atom stereocenters. The Morgan fingerprint density at radius 2 is 1.73 bits per heavy atom. The van der Waals surface area contributed by atoms with E-state index in [1.807, 2.05) is 6.07 Å². The summed E-state index contributed by atoms with van der Waals surface area (Å²) in [6.45, 7) is 2.23. The summed E-state index contributed by atoms with van der Waals surface area (Å²) < 4.78 is 0. The van der Waals surface area contributed by atoms with E-state index < -0.39 is 0 Å². The molecule has 1 aliphatic heterocycles.